The second-order valence-corrected chi connectivity index (χ2v) is 9.59. The van der Waals surface area contributed by atoms with Gasteiger partial charge in [-0.1, -0.05) is 30.3 Å². The number of anilines is 1. The number of amides is 1. The molecule has 0 fully saturated rings. The van der Waals surface area contributed by atoms with Crippen molar-refractivity contribution in [3.05, 3.63) is 84.0 Å². The summed E-state index contributed by atoms with van der Waals surface area (Å²) in [6.45, 7) is 2.44. The highest BCUT2D eigenvalue weighted by atomic mass is 19.4. The van der Waals surface area contributed by atoms with Crippen LogP contribution in [0.3, 0.4) is 0 Å². The van der Waals surface area contributed by atoms with E-state index in [1.807, 2.05) is 36.4 Å². The van der Waals surface area contributed by atoms with Gasteiger partial charge in [0.1, 0.15) is 17.0 Å². The summed E-state index contributed by atoms with van der Waals surface area (Å²) in [7, 11) is 1.34. The van der Waals surface area contributed by atoms with E-state index in [1.165, 1.54) is 19.2 Å². The minimum absolute atomic E-state index is 0.0132. The van der Waals surface area contributed by atoms with Crippen LogP contribution in [0.15, 0.2) is 71.3 Å². The van der Waals surface area contributed by atoms with Gasteiger partial charge in [0.2, 0.25) is 11.8 Å². The van der Waals surface area contributed by atoms with Crippen molar-refractivity contribution >= 4 is 22.8 Å². The number of pyridine rings is 1. The van der Waals surface area contributed by atoms with Crippen molar-refractivity contribution in [2.45, 2.75) is 25.6 Å². The van der Waals surface area contributed by atoms with E-state index >= 15 is 0 Å². The molecule has 2 aromatic carbocycles. The van der Waals surface area contributed by atoms with E-state index in [2.05, 4.69) is 30.6 Å². The standard InChI is InChI=1S/C30H28F3N7O3/c1-17(34)26-25(27(41)35-14-6-15-36-29-37-16-13-21(38-29)18-7-4-3-5-8-18)40-28(43-26)20-9-11-22(42-2)24-19(20)10-12-23(39-24)30(31,32)33/h3-5,7-13,16-17H,6,14-15,34H2,1-2H3,(H,35,41)(H,36,37,38)/t17-/m0/s1. The van der Waals surface area contributed by atoms with Crippen LogP contribution in [0.5, 0.6) is 5.75 Å². The van der Waals surface area contributed by atoms with Gasteiger partial charge in [-0.3, -0.25) is 4.79 Å². The van der Waals surface area contributed by atoms with Gasteiger partial charge in [0, 0.05) is 35.8 Å². The normalized spacial score (nSPS) is 12.2. The first-order chi connectivity index (χ1) is 20.7. The Hall–Kier alpha value is -5.04. The fourth-order valence-corrected chi connectivity index (χ4v) is 4.41. The lowest BCUT2D eigenvalue weighted by atomic mass is 10.1. The number of fused-ring (bicyclic) bond motifs is 1. The van der Waals surface area contributed by atoms with Gasteiger partial charge in [-0.25, -0.2) is 19.9 Å². The number of methoxy groups -OCH3 is 1. The lowest BCUT2D eigenvalue weighted by Crippen LogP contribution is -2.27. The van der Waals surface area contributed by atoms with Gasteiger partial charge < -0.3 is 25.5 Å². The molecular formula is C30H28F3N7O3. The minimum atomic E-state index is -4.64. The summed E-state index contributed by atoms with van der Waals surface area (Å²) in [5, 5.41) is 6.26. The van der Waals surface area contributed by atoms with Gasteiger partial charge in [-0.15, -0.1) is 0 Å². The molecule has 0 spiro atoms. The summed E-state index contributed by atoms with van der Waals surface area (Å²) < 4.78 is 51.1. The Morgan fingerprint density at radius 1 is 1.02 bits per heavy atom. The molecule has 5 rings (SSSR count). The van der Waals surface area contributed by atoms with E-state index in [4.69, 9.17) is 14.9 Å². The van der Waals surface area contributed by atoms with Crippen molar-refractivity contribution in [2.75, 3.05) is 25.5 Å². The molecule has 13 heteroatoms. The van der Waals surface area contributed by atoms with Crippen LogP contribution in [0.1, 0.15) is 41.3 Å². The highest BCUT2D eigenvalue weighted by Gasteiger charge is 2.33. The van der Waals surface area contributed by atoms with E-state index in [1.54, 1.807) is 19.2 Å². The Morgan fingerprint density at radius 3 is 2.53 bits per heavy atom. The monoisotopic (exact) mass is 591 g/mol. The molecule has 3 heterocycles. The summed E-state index contributed by atoms with van der Waals surface area (Å²) in [5.41, 5.74) is 7.07. The topological polar surface area (TPSA) is 141 Å². The molecule has 0 radical (unpaired) electrons. The number of oxazole rings is 1. The molecule has 1 amide bonds. The Kier molecular flexibility index (Phi) is 8.53. The maximum atomic E-state index is 13.3. The predicted octanol–water partition coefficient (Wildman–Crippen LogP) is 5.63. The molecule has 3 aromatic heterocycles. The van der Waals surface area contributed by atoms with Gasteiger partial charge in [-0.05, 0) is 43.7 Å². The number of nitrogens with zero attached hydrogens (tertiary/aromatic N) is 4. The maximum absolute atomic E-state index is 13.3. The number of nitrogens with two attached hydrogens (primary N) is 1. The number of hydrogen-bond donors (Lipinski definition) is 3. The minimum Gasteiger partial charge on any atom is -0.494 e. The van der Waals surface area contributed by atoms with E-state index in [0.717, 1.165) is 17.3 Å². The zero-order chi connectivity index (χ0) is 30.6. The van der Waals surface area contributed by atoms with E-state index in [-0.39, 0.29) is 28.6 Å². The van der Waals surface area contributed by atoms with E-state index in [0.29, 0.717) is 36.4 Å². The lowest BCUT2D eigenvalue weighted by molar-refractivity contribution is -0.140. The molecule has 0 aliphatic rings. The van der Waals surface area contributed by atoms with E-state index in [9.17, 15) is 18.0 Å². The highest BCUT2D eigenvalue weighted by molar-refractivity contribution is 5.98. The van der Waals surface area contributed by atoms with Crippen LogP contribution < -0.4 is 21.1 Å². The number of carbonyl (C=O) groups excluding carboxylic acids is 1. The third-order valence-electron chi connectivity index (χ3n) is 6.49. The third-order valence-corrected chi connectivity index (χ3v) is 6.49. The number of ether oxygens (including phenoxy) is 1. The van der Waals surface area contributed by atoms with Crippen LogP contribution in [-0.2, 0) is 6.18 Å². The molecular weight excluding hydrogens is 563 g/mol. The molecule has 4 N–H and O–H groups in total. The first-order valence-electron chi connectivity index (χ1n) is 13.4. The van der Waals surface area contributed by atoms with E-state index < -0.39 is 23.8 Å². The van der Waals surface area contributed by atoms with Crippen molar-refractivity contribution in [2.24, 2.45) is 5.73 Å². The van der Waals surface area contributed by atoms with Gasteiger partial charge >= 0.3 is 6.18 Å². The number of benzene rings is 2. The second-order valence-electron chi connectivity index (χ2n) is 9.59. The summed E-state index contributed by atoms with van der Waals surface area (Å²) in [6, 6.07) is 16.1. The Labute approximate surface area is 244 Å². The molecule has 0 aliphatic carbocycles. The van der Waals surface area contributed by atoms with Crippen molar-refractivity contribution in [1.82, 2.24) is 25.3 Å². The fraction of sp³-hybridized carbons (Fsp3) is 0.233. The van der Waals surface area contributed by atoms with Gasteiger partial charge in [0.15, 0.2) is 11.5 Å². The van der Waals surface area contributed by atoms with Crippen LogP contribution in [0.4, 0.5) is 19.1 Å². The first-order valence-corrected chi connectivity index (χ1v) is 13.4. The number of aromatic nitrogens is 4. The maximum Gasteiger partial charge on any atom is 0.433 e. The molecule has 10 nitrogen and oxygen atoms in total. The summed E-state index contributed by atoms with van der Waals surface area (Å²) in [4.78, 5) is 30.0. The molecule has 5 aromatic rings. The number of hydrogen-bond acceptors (Lipinski definition) is 9. The first kappa shape index (κ1) is 29.5. The number of nitrogens with one attached hydrogen (secondary N) is 2. The molecule has 43 heavy (non-hydrogen) atoms. The molecule has 0 bridgehead atoms. The van der Waals surface area contributed by atoms with Gasteiger partial charge in [0.25, 0.3) is 5.91 Å². The summed E-state index contributed by atoms with van der Waals surface area (Å²) in [5.74, 6) is 0.272. The number of alkyl halides is 3. The molecule has 0 unspecified atom stereocenters. The highest BCUT2D eigenvalue weighted by Crippen LogP contribution is 2.37. The molecule has 0 saturated carbocycles. The Bertz CT molecular complexity index is 1740. The number of halogens is 3. The molecule has 0 aliphatic heterocycles. The van der Waals surface area contributed by atoms with Crippen molar-refractivity contribution in [3.8, 4) is 28.5 Å². The molecule has 222 valence electrons. The van der Waals surface area contributed by atoms with Gasteiger partial charge in [-0.2, -0.15) is 13.2 Å². The average molecular weight is 592 g/mol. The number of rotatable bonds is 10. The smallest absolute Gasteiger partial charge is 0.433 e. The van der Waals surface area contributed by atoms with Crippen molar-refractivity contribution < 1.29 is 27.1 Å². The Balaban J connectivity index is 1.28. The number of carbonyl (C=O) groups is 1. The van der Waals surface area contributed by atoms with Crippen LogP contribution in [-0.4, -0.2) is 46.0 Å². The van der Waals surface area contributed by atoms with Crippen LogP contribution in [0.25, 0.3) is 33.6 Å². The zero-order valence-corrected chi connectivity index (χ0v) is 23.3. The second kappa shape index (κ2) is 12.4. The summed E-state index contributed by atoms with van der Waals surface area (Å²) in [6.07, 6.45) is -2.41. The van der Waals surface area contributed by atoms with Gasteiger partial charge in [0.05, 0.1) is 18.8 Å². The zero-order valence-electron chi connectivity index (χ0n) is 23.3. The predicted molar refractivity (Wildman–Crippen MR) is 154 cm³/mol. The van der Waals surface area contributed by atoms with Crippen molar-refractivity contribution in [3.63, 3.8) is 0 Å². The van der Waals surface area contributed by atoms with Crippen LogP contribution in [0.2, 0.25) is 0 Å². The molecule has 0 saturated heterocycles. The Morgan fingerprint density at radius 2 is 1.81 bits per heavy atom. The fourth-order valence-electron chi connectivity index (χ4n) is 4.41. The average Bonchev–Trinajstić information content (AvgIpc) is 3.46. The summed E-state index contributed by atoms with van der Waals surface area (Å²) >= 11 is 0. The van der Waals surface area contributed by atoms with Crippen LogP contribution in [0, 0.1) is 0 Å². The molecule has 1 atom stereocenters. The SMILES string of the molecule is COc1ccc(-c2nc(C(=O)NCCCNc3nccc(-c4ccccc4)n3)c([C@H](C)N)o2)c2ccc(C(F)(F)F)nc12. The lowest BCUT2D eigenvalue weighted by Gasteiger charge is -2.11. The largest absolute Gasteiger partial charge is 0.494 e. The van der Waals surface area contributed by atoms with Crippen molar-refractivity contribution in [1.29, 1.82) is 0 Å². The quantitative estimate of drug-likeness (QED) is 0.176. The van der Waals surface area contributed by atoms with Crippen LogP contribution >= 0.6 is 0 Å². The third kappa shape index (κ3) is 6.56.